The summed E-state index contributed by atoms with van der Waals surface area (Å²) < 4.78 is 10.6. The summed E-state index contributed by atoms with van der Waals surface area (Å²) >= 11 is 5.76. The second kappa shape index (κ2) is 6.70. The molecule has 0 saturated heterocycles. The van der Waals surface area contributed by atoms with E-state index < -0.39 is 0 Å². The Morgan fingerprint density at radius 3 is 2.73 bits per heavy atom. The summed E-state index contributed by atoms with van der Waals surface area (Å²) in [5.41, 5.74) is 2.23. The molecule has 1 aromatic rings. The molecule has 84 valence electrons. The molecule has 0 aromatic heterocycles. The molecule has 0 radical (unpaired) electrons. The van der Waals surface area contributed by atoms with Gasteiger partial charge in [-0.25, -0.2) is 0 Å². The lowest BCUT2D eigenvalue weighted by Gasteiger charge is -2.09. The van der Waals surface area contributed by atoms with Gasteiger partial charge in [-0.15, -0.1) is 11.6 Å². The van der Waals surface area contributed by atoms with Crippen molar-refractivity contribution in [3.63, 3.8) is 0 Å². The maximum absolute atomic E-state index is 5.76. The monoisotopic (exact) mass is 228 g/mol. The maximum atomic E-state index is 5.76. The van der Waals surface area contributed by atoms with Crippen LogP contribution in [0, 0.1) is 6.92 Å². The number of alkyl halides is 1. The molecule has 0 amide bonds. The van der Waals surface area contributed by atoms with Gasteiger partial charge < -0.3 is 9.47 Å². The van der Waals surface area contributed by atoms with Gasteiger partial charge in [0.15, 0.2) is 0 Å². The van der Waals surface area contributed by atoms with E-state index in [0.29, 0.717) is 12.5 Å². The molecule has 0 aliphatic heterocycles. The predicted octanol–water partition coefficient (Wildman–Crippen LogP) is 3.15. The van der Waals surface area contributed by atoms with E-state index in [2.05, 4.69) is 0 Å². The number of aryl methyl sites for hydroxylation is 1. The van der Waals surface area contributed by atoms with Gasteiger partial charge >= 0.3 is 0 Å². The highest BCUT2D eigenvalue weighted by Crippen LogP contribution is 2.20. The van der Waals surface area contributed by atoms with Crippen molar-refractivity contribution in [2.75, 3.05) is 20.3 Å². The number of hydrogen-bond acceptors (Lipinski definition) is 2. The van der Waals surface area contributed by atoms with Crippen LogP contribution in [0.4, 0.5) is 0 Å². The summed E-state index contributed by atoms with van der Waals surface area (Å²) in [6.45, 7) is 3.44. The van der Waals surface area contributed by atoms with E-state index in [9.17, 15) is 0 Å². The number of ether oxygens (including phenoxy) is 2. The van der Waals surface area contributed by atoms with Crippen molar-refractivity contribution in [3.8, 4) is 5.75 Å². The first-order chi connectivity index (χ1) is 7.27. The average Bonchev–Trinajstić information content (AvgIpc) is 2.26. The van der Waals surface area contributed by atoms with E-state index in [1.54, 1.807) is 7.11 Å². The highest BCUT2D eigenvalue weighted by atomic mass is 35.5. The minimum atomic E-state index is 0.523. The zero-order valence-corrected chi connectivity index (χ0v) is 10.0. The topological polar surface area (TPSA) is 18.5 Å². The van der Waals surface area contributed by atoms with Crippen LogP contribution in [0.1, 0.15) is 17.5 Å². The molecular formula is C12H17ClO2. The number of halogens is 1. The SMILES string of the molecule is COCCCOc1cc(CCl)ccc1C. The summed E-state index contributed by atoms with van der Waals surface area (Å²) in [7, 11) is 1.69. The highest BCUT2D eigenvalue weighted by molar-refractivity contribution is 6.17. The lowest BCUT2D eigenvalue weighted by atomic mass is 10.1. The Morgan fingerprint density at radius 2 is 2.07 bits per heavy atom. The van der Waals surface area contributed by atoms with Crippen LogP contribution in [0.15, 0.2) is 18.2 Å². The Balaban J connectivity index is 2.51. The van der Waals surface area contributed by atoms with Crippen molar-refractivity contribution in [1.82, 2.24) is 0 Å². The molecule has 0 N–H and O–H groups in total. The first kappa shape index (κ1) is 12.3. The smallest absolute Gasteiger partial charge is 0.122 e. The van der Waals surface area contributed by atoms with E-state index in [0.717, 1.165) is 29.9 Å². The van der Waals surface area contributed by atoms with E-state index >= 15 is 0 Å². The lowest BCUT2D eigenvalue weighted by molar-refractivity contribution is 0.172. The Bertz CT molecular complexity index is 300. The molecule has 0 aliphatic carbocycles. The minimum absolute atomic E-state index is 0.523. The van der Waals surface area contributed by atoms with E-state index in [-0.39, 0.29) is 0 Å². The van der Waals surface area contributed by atoms with Gasteiger partial charge in [-0.05, 0) is 24.1 Å². The van der Waals surface area contributed by atoms with Crippen molar-refractivity contribution in [2.24, 2.45) is 0 Å². The Kier molecular flexibility index (Phi) is 5.51. The molecule has 0 heterocycles. The Morgan fingerprint density at radius 1 is 1.27 bits per heavy atom. The second-order valence-corrected chi connectivity index (χ2v) is 3.70. The van der Waals surface area contributed by atoms with Gasteiger partial charge in [0.2, 0.25) is 0 Å². The van der Waals surface area contributed by atoms with Gasteiger partial charge in [0.1, 0.15) is 5.75 Å². The van der Waals surface area contributed by atoms with Crippen LogP contribution in [-0.2, 0) is 10.6 Å². The molecule has 0 fully saturated rings. The normalized spacial score (nSPS) is 10.3. The highest BCUT2D eigenvalue weighted by Gasteiger charge is 2.00. The molecule has 1 aromatic carbocycles. The van der Waals surface area contributed by atoms with Crippen LogP contribution in [0.25, 0.3) is 0 Å². The summed E-state index contributed by atoms with van der Waals surface area (Å²) in [6, 6.07) is 6.04. The number of methoxy groups -OCH3 is 1. The molecule has 0 atom stereocenters. The number of benzene rings is 1. The van der Waals surface area contributed by atoms with Gasteiger partial charge in [0, 0.05) is 26.0 Å². The largest absolute Gasteiger partial charge is 0.493 e. The number of rotatable bonds is 6. The van der Waals surface area contributed by atoms with Crippen LogP contribution < -0.4 is 4.74 Å². The number of hydrogen-bond donors (Lipinski definition) is 0. The van der Waals surface area contributed by atoms with Crippen LogP contribution in [0.5, 0.6) is 5.75 Å². The zero-order chi connectivity index (χ0) is 11.1. The molecule has 0 spiro atoms. The van der Waals surface area contributed by atoms with Crippen LogP contribution in [-0.4, -0.2) is 20.3 Å². The van der Waals surface area contributed by atoms with Gasteiger partial charge in [0.25, 0.3) is 0 Å². The van der Waals surface area contributed by atoms with Crippen molar-refractivity contribution < 1.29 is 9.47 Å². The van der Waals surface area contributed by atoms with Crippen LogP contribution >= 0.6 is 11.6 Å². The molecule has 0 saturated carbocycles. The first-order valence-electron chi connectivity index (χ1n) is 5.05. The third-order valence-electron chi connectivity index (χ3n) is 2.16. The second-order valence-electron chi connectivity index (χ2n) is 3.43. The van der Waals surface area contributed by atoms with Gasteiger partial charge in [-0.3, -0.25) is 0 Å². The fourth-order valence-electron chi connectivity index (χ4n) is 1.27. The van der Waals surface area contributed by atoms with Crippen molar-refractivity contribution in [3.05, 3.63) is 29.3 Å². The lowest BCUT2D eigenvalue weighted by Crippen LogP contribution is -2.02. The molecule has 2 nitrogen and oxygen atoms in total. The third-order valence-corrected chi connectivity index (χ3v) is 2.47. The summed E-state index contributed by atoms with van der Waals surface area (Å²) in [5, 5.41) is 0. The fourth-order valence-corrected chi connectivity index (χ4v) is 1.43. The van der Waals surface area contributed by atoms with Gasteiger partial charge in [0.05, 0.1) is 6.61 Å². The molecule has 0 bridgehead atoms. The molecule has 1 rings (SSSR count). The molecular weight excluding hydrogens is 212 g/mol. The Labute approximate surface area is 96.2 Å². The van der Waals surface area contributed by atoms with E-state index in [1.807, 2.05) is 25.1 Å². The molecule has 3 heteroatoms. The molecule has 15 heavy (non-hydrogen) atoms. The van der Waals surface area contributed by atoms with Crippen LogP contribution in [0.3, 0.4) is 0 Å². The van der Waals surface area contributed by atoms with Crippen molar-refractivity contribution in [1.29, 1.82) is 0 Å². The zero-order valence-electron chi connectivity index (χ0n) is 9.25. The average molecular weight is 229 g/mol. The molecule has 0 unspecified atom stereocenters. The summed E-state index contributed by atoms with van der Waals surface area (Å²) in [4.78, 5) is 0. The van der Waals surface area contributed by atoms with Crippen molar-refractivity contribution in [2.45, 2.75) is 19.2 Å². The standard InChI is InChI=1S/C12H17ClO2/c1-10-4-5-11(9-13)8-12(10)15-7-3-6-14-2/h4-5,8H,3,6-7,9H2,1-2H3. The quantitative estimate of drug-likeness (QED) is 0.550. The predicted molar refractivity (Wildman–Crippen MR) is 62.7 cm³/mol. The third kappa shape index (κ3) is 4.10. The van der Waals surface area contributed by atoms with E-state index in [4.69, 9.17) is 21.1 Å². The van der Waals surface area contributed by atoms with Gasteiger partial charge in [-0.2, -0.15) is 0 Å². The first-order valence-corrected chi connectivity index (χ1v) is 5.58. The van der Waals surface area contributed by atoms with Crippen molar-refractivity contribution >= 4 is 11.6 Å². The molecule has 0 aliphatic rings. The maximum Gasteiger partial charge on any atom is 0.122 e. The Hall–Kier alpha value is -0.730. The van der Waals surface area contributed by atoms with E-state index in [1.165, 1.54) is 0 Å². The van der Waals surface area contributed by atoms with Crippen LogP contribution in [0.2, 0.25) is 0 Å². The fraction of sp³-hybridized carbons (Fsp3) is 0.500. The summed E-state index contributed by atoms with van der Waals surface area (Å²) in [6.07, 6.45) is 0.904. The van der Waals surface area contributed by atoms with Gasteiger partial charge in [-0.1, -0.05) is 12.1 Å². The minimum Gasteiger partial charge on any atom is -0.493 e. The summed E-state index contributed by atoms with van der Waals surface area (Å²) in [5.74, 6) is 1.44.